The SMILES string of the molecule is O=C(N[C@@H]1CC[C@H]2OCCO[C@H]2C1)C1(c2ccc(F)cc2)CC1. The number of hydrogen-bond donors (Lipinski definition) is 1. The highest BCUT2D eigenvalue weighted by Gasteiger charge is 2.52. The van der Waals surface area contributed by atoms with Crippen LogP contribution in [0.3, 0.4) is 0 Å². The van der Waals surface area contributed by atoms with Crippen molar-refractivity contribution in [1.29, 1.82) is 0 Å². The van der Waals surface area contributed by atoms with Gasteiger partial charge in [0.1, 0.15) is 5.82 Å². The molecule has 1 aromatic carbocycles. The van der Waals surface area contributed by atoms with E-state index < -0.39 is 5.41 Å². The van der Waals surface area contributed by atoms with Crippen molar-refractivity contribution in [1.82, 2.24) is 5.32 Å². The number of benzene rings is 1. The normalized spacial score (nSPS) is 32.0. The molecule has 0 spiro atoms. The molecular formula is C18H22FNO3. The number of halogens is 1. The van der Waals surface area contributed by atoms with Crippen LogP contribution in [0, 0.1) is 5.82 Å². The van der Waals surface area contributed by atoms with Gasteiger partial charge in [-0.2, -0.15) is 0 Å². The van der Waals surface area contributed by atoms with E-state index in [0.717, 1.165) is 37.7 Å². The summed E-state index contributed by atoms with van der Waals surface area (Å²) in [6.45, 7) is 1.31. The summed E-state index contributed by atoms with van der Waals surface area (Å²) >= 11 is 0. The number of rotatable bonds is 3. The van der Waals surface area contributed by atoms with E-state index in [1.165, 1.54) is 12.1 Å². The summed E-state index contributed by atoms with van der Waals surface area (Å²) in [5.74, 6) is -0.193. The molecule has 1 aliphatic heterocycles. The Balaban J connectivity index is 1.41. The van der Waals surface area contributed by atoms with Crippen molar-refractivity contribution in [2.75, 3.05) is 13.2 Å². The van der Waals surface area contributed by atoms with Crippen LogP contribution in [0.4, 0.5) is 4.39 Å². The molecule has 0 bridgehead atoms. The Kier molecular flexibility index (Phi) is 3.85. The molecule has 1 saturated heterocycles. The van der Waals surface area contributed by atoms with E-state index in [4.69, 9.17) is 9.47 Å². The van der Waals surface area contributed by atoms with Crippen molar-refractivity contribution in [3.8, 4) is 0 Å². The standard InChI is InChI=1S/C18H22FNO3/c19-13-3-1-12(2-4-13)18(7-8-18)17(21)20-14-5-6-15-16(11-14)23-10-9-22-15/h1-4,14-16H,5-11H2,(H,20,21)/t14-,15-,16+/m1/s1. The van der Waals surface area contributed by atoms with Gasteiger partial charge in [-0.05, 0) is 49.8 Å². The molecule has 1 N–H and O–H groups in total. The van der Waals surface area contributed by atoms with Crippen LogP contribution in [-0.2, 0) is 19.7 Å². The van der Waals surface area contributed by atoms with Gasteiger partial charge in [-0.1, -0.05) is 12.1 Å². The van der Waals surface area contributed by atoms with E-state index in [0.29, 0.717) is 13.2 Å². The molecular weight excluding hydrogens is 297 g/mol. The minimum atomic E-state index is -0.450. The molecule has 2 aliphatic carbocycles. The van der Waals surface area contributed by atoms with E-state index in [1.54, 1.807) is 12.1 Å². The van der Waals surface area contributed by atoms with Crippen LogP contribution in [0.25, 0.3) is 0 Å². The van der Waals surface area contributed by atoms with Crippen LogP contribution >= 0.6 is 0 Å². The maximum atomic E-state index is 13.1. The molecule has 1 heterocycles. The van der Waals surface area contributed by atoms with Crippen LogP contribution in [0.15, 0.2) is 24.3 Å². The van der Waals surface area contributed by atoms with Gasteiger partial charge < -0.3 is 14.8 Å². The second-order valence-electron chi connectivity index (χ2n) is 6.89. The highest BCUT2D eigenvalue weighted by molar-refractivity contribution is 5.91. The molecule has 2 saturated carbocycles. The summed E-state index contributed by atoms with van der Waals surface area (Å²) in [5.41, 5.74) is 0.469. The zero-order valence-electron chi connectivity index (χ0n) is 13.1. The first-order valence-corrected chi connectivity index (χ1v) is 8.48. The average molecular weight is 319 g/mol. The van der Waals surface area contributed by atoms with Gasteiger partial charge in [0, 0.05) is 6.04 Å². The molecule has 124 valence electrons. The predicted octanol–water partition coefficient (Wildman–Crippen LogP) is 2.31. The van der Waals surface area contributed by atoms with Crippen molar-refractivity contribution < 1.29 is 18.7 Å². The van der Waals surface area contributed by atoms with E-state index in [9.17, 15) is 9.18 Å². The van der Waals surface area contributed by atoms with Gasteiger partial charge in [-0.15, -0.1) is 0 Å². The average Bonchev–Trinajstić information content (AvgIpc) is 3.37. The van der Waals surface area contributed by atoms with E-state index in [2.05, 4.69) is 5.32 Å². The van der Waals surface area contributed by atoms with Crippen molar-refractivity contribution >= 4 is 5.91 Å². The summed E-state index contributed by atoms with van der Waals surface area (Å²) in [6, 6.07) is 6.47. The van der Waals surface area contributed by atoms with E-state index in [-0.39, 0.29) is 30.0 Å². The van der Waals surface area contributed by atoms with Gasteiger partial charge in [0.15, 0.2) is 0 Å². The second kappa shape index (κ2) is 5.87. The molecule has 3 aliphatic rings. The summed E-state index contributed by atoms with van der Waals surface area (Å²) in [4.78, 5) is 12.8. The first-order valence-electron chi connectivity index (χ1n) is 8.48. The van der Waals surface area contributed by atoms with Crippen molar-refractivity contribution in [3.63, 3.8) is 0 Å². The monoisotopic (exact) mass is 319 g/mol. The molecule has 5 heteroatoms. The van der Waals surface area contributed by atoms with Crippen LogP contribution in [-0.4, -0.2) is 37.4 Å². The summed E-state index contributed by atoms with van der Waals surface area (Å²) in [5, 5.41) is 3.20. The second-order valence-corrected chi connectivity index (χ2v) is 6.89. The lowest BCUT2D eigenvalue weighted by Crippen LogP contribution is -2.51. The van der Waals surface area contributed by atoms with E-state index >= 15 is 0 Å². The van der Waals surface area contributed by atoms with Gasteiger partial charge in [-0.25, -0.2) is 4.39 Å². The van der Waals surface area contributed by atoms with Crippen LogP contribution in [0.5, 0.6) is 0 Å². The number of carbonyl (C=O) groups is 1. The quantitative estimate of drug-likeness (QED) is 0.930. The Bertz CT molecular complexity index is 584. The predicted molar refractivity (Wildman–Crippen MR) is 82.6 cm³/mol. The van der Waals surface area contributed by atoms with Crippen LogP contribution in [0.2, 0.25) is 0 Å². The maximum absolute atomic E-state index is 13.1. The topological polar surface area (TPSA) is 47.6 Å². The Morgan fingerprint density at radius 1 is 1.09 bits per heavy atom. The summed E-state index contributed by atoms with van der Waals surface area (Å²) in [6.07, 6.45) is 4.63. The highest BCUT2D eigenvalue weighted by Crippen LogP contribution is 2.48. The van der Waals surface area contributed by atoms with Crippen molar-refractivity contribution in [2.24, 2.45) is 0 Å². The number of amides is 1. The van der Waals surface area contributed by atoms with Gasteiger partial charge >= 0.3 is 0 Å². The molecule has 3 atom stereocenters. The Morgan fingerprint density at radius 3 is 2.48 bits per heavy atom. The Labute approximate surface area is 135 Å². The Hall–Kier alpha value is -1.46. The van der Waals surface area contributed by atoms with Crippen LogP contribution < -0.4 is 5.32 Å². The molecule has 0 radical (unpaired) electrons. The maximum Gasteiger partial charge on any atom is 0.230 e. The third kappa shape index (κ3) is 2.88. The molecule has 4 rings (SSSR count). The zero-order valence-corrected chi connectivity index (χ0v) is 13.1. The van der Waals surface area contributed by atoms with Crippen molar-refractivity contribution in [3.05, 3.63) is 35.6 Å². The first kappa shape index (κ1) is 15.1. The first-order chi connectivity index (χ1) is 11.2. The lowest BCUT2D eigenvalue weighted by molar-refractivity contribution is -0.159. The van der Waals surface area contributed by atoms with Gasteiger partial charge in [0.2, 0.25) is 5.91 Å². The molecule has 0 aromatic heterocycles. The third-order valence-electron chi connectivity index (χ3n) is 5.40. The lowest BCUT2D eigenvalue weighted by Gasteiger charge is -2.39. The molecule has 0 unspecified atom stereocenters. The Morgan fingerprint density at radius 2 is 1.78 bits per heavy atom. The molecule has 3 fully saturated rings. The van der Waals surface area contributed by atoms with Gasteiger partial charge in [-0.3, -0.25) is 4.79 Å². The largest absolute Gasteiger partial charge is 0.373 e. The van der Waals surface area contributed by atoms with Gasteiger partial charge in [0.25, 0.3) is 0 Å². The number of nitrogens with one attached hydrogen (secondary N) is 1. The molecule has 23 heavy (non-hydrogen) atoms. The van der Waals surface area contributed by atoms with Crippen molar-refractivity contribution in [2.45, 2.75) is 55.8 Å². The minimum Gasteiger partial charge on any atom is -0.373 e. The molecule has 4 nitrogen and oxygen atoms in total. The molecule has 1 amide bonds. The third-order valence-corrected chi connectivity index (χ3v) is 5.40. The minimum absolute atomic E-state index is 0.0734. The smallest absolute Gasteiger partial charge is 0.230 e. The van der Waals surface area contributed by atoms with E-state index in [1.807, 2.05) is 0 Å². The lowest BCUT2D eigenvalue weighted by atomic mass is 9.88. The fraction of sp³-hybridized carbons (Fsp3) is 0.611. The number of hydrogen-bond acceptors (Lipinski definition) is 3. The molecule has 1 aromatic rings. The summed E-state index contributed by atoms with van der Waals surface area (Å²) in [7, 11) is 0. The summed E-state index contributed by atoms with van der Waals surface area (Å²) < 4.78 is 24.6. The fourth-order valence-corrected chi connectivity index (χ4v) is 3.86. The number of fused-ring (bicyclic) bond motifs is 1. The van der Waals surface area contributed by atoms with Crippen LogP contribution in [0.1, 0.15) is 37.7 Å². The number of ether oxygens (including phenoxy) is 2. The highest BCUT2D eigenvalue weighted by atomic mass is 19.1. The zero-order chi connectivity index (χ0) is 15.9. The van der Waals surface area contributed by atoms with Gasteiger partial charge in [0.05, 0.1) is 30.8 Å². The number of carbonyl (C=O) groups excluding carboxylic acids is 1. The fourth-order valence-electron chi connectivity index (χ4n) is 3.86.